The number of aromatic hydroxyl groups is 1. The first kappa shape index (κ1) is 20.8. The van der Waals surface area contributed by atoms with E-state index in [0.29, 0.717) is 31.5 Å². The lowest BCUT2D eigenvalue weighted by atomic mass is 10.2. The number of fused-ring (bicyclic) bond motifs is 1. The maximum Gasteiger partial charge on any atom is 0.251 e. The first-order valence-corrected chi connectivity index (χ1v) is 10.6. The Labute approximate surface area is 174 Å². The van der Waals surface area contributed by atoms with Crippen LogP contribution in [0.4, 0.5) is 0 Å². The Morgan fingerprint density at radius 3 is 2.62 bits per heavy atom. The summed E-state index contributed by atoms with van der Waals surface area (Å²) in [6.07, 6.45) is 3.82. The van der Waals surface area contributed by atoms with Gasteiger partial charge in [-0.3, -0.25) is 9.59 Å². The summed E-state index contributed by atoms with van der Waals surface area (Å²) in [5.74, 6) is -0.135. The molecular formula is C22H25N3O3S. The Kier molecular flexibility index (Phi) is 7.58. The molecule has 152 valence electrons. The van der Waals surface area contributed by atoms with Crippen molar-refractivity contribution in [2.24, 2.45) is 0 Å². The summed E-state index contributed by atoms with van der Waals surface area (Å²) in [5, 5.41) is 16.2. The van der Waals surface area contributed by atoms with E-state index in [4.69, 9.17) is 0 Å². The number of hydrogen-bond donors (Lipinski definition) is 3. The van der Waals surface area contributed by atoms with E-state index in [2.05, 4.69) is 21.7 Å². The highest BCUT2D eigenvalue weighted by molar-refractivity contribution is 7.18. The molecule has 1 aromatic heterocycles. The monoisotopic (exact) mass is 411 g/mol. The first-order chi connectivity index (χ1) is 14.1. The molecule has 0 unspecified atom stereocenters. The van der Waals surface area contributed by atoms with E-state index in [-0.39, 0.29) is 17.6 Å². The lowest BCUT2D eigenvalue weighted by molar-refractivity contribution is -0.121. The Bertz CT molecular complexity index is 938. The van der Waals surface area contributed by atoms with Gasteiger partial charge >= 0.3 is 0 Å². The van der Waals surface area contributed by atoms with E-state index in [9.17, 15) is 14.7 Å². The standard InChI is InChI=1S/C22H25N3O3S/c26-17-8-5-7-16(15-17)22(28)24-14-6-13-23-20(27)11-3-4-12-21-25-18-9-1-2-10-19(18)29-21/h1-2,5,7-10,15,26H,3-4,6,11-14H2,(H,23,27)(H,24,28). The van der Waals surface area contributed by atoms with Crippen LogP contribution in [0.3, 0.4) is 0 Å². The van der Waals surface area contributed by atoms with Gasteiger partial charge in [-0.2, -0.15) is 0 Å². The van der Waals surface area contributed by atoms with Gasteiger partial charge in [0.25, 0.3) is 5.91 Å². The summed E-state index contributed by atoms with van der Waals surface area (Å²) < 4.78 is 1.20. The second kappa shape index (κ2) is 10.6. The van der Waals surface area contributed by atoms with Crippen LogP contribution in [0.15, 0.2) is 48.5 Å². The highest BCUT2D eigenvalue weighted by Gasteiger charge is 2.06. The van der Waals surface area contributed by atoms with Crippen molar-refractivity contribution in [3.63, 3.8) is 0 Å². The van der Waals surface area contributed by atoms with Crippen molar-refractivity contribution >= 4 is 33.4 Å². The van der Waals surface area contributed by atoms with Crippen LogP contribution in [0.1, 0.15) is 41.0 Å². The lowest BCUT2D eigenvalue weighted by Gasteiger charge is -2.07. The molecule has 1 heterocycles. The van der Waals surface area contributed by atoms with Crippen molar-refractivity contribution in [2.45, 2.75) is 32.1 Å². The van der Waals surface area contributed by atoms with E-state index in [1.165, 1.54) is 16.8 Å². The third-order valence-corrected chi connectivity index (χ3v) is 5.55. The quantitative estimate of drug-likeness (QED) is 0.444. The molecule has 3 aromatic rings. The number of hydrogen-bond acceptors (Lipinski definition) is 5. The summed E-state index contributed by atoms with van der Waals surface area (Å²) in [4.78, 5) is 28.5. The third kappa shape index (κ3) is 6.57. The number of nitrogens with one attached hydrogen (secondary N) is 2. The van der Waals surface area contributed by atoms with Gasteiger partial charge < -0.3 is 15.7 Å². The second-order valence-electron chi connectivity index (χ2n) is 6.79. The van der Waals surface area contributed by atoms with Crippen LogP contribution in [0.2, 0.25) is 0 Å². The van der Waals surface area contributed by atoms with Crippen LogP contribution in [0.5, 0.6) is 5.75 Å². The molecule has 0 aliphatic heterocycles. The van der Waals surface area contributed by atoms with Crippen molar-refractivity contribution in [3.8, 4) is 5.75 Å². The van der Waals surface area contributed by atoms with Crippen LogP contribution >= 0.6 is 11.3 Å². The Morgan fingerprint density at radius 1 is 0.966 bits per heavy atom. The average molecular weight is 412 g/mol. The van der Waals surface area contributed by atoms with E-state index >= 15 is 0 Å². The van der Waals surface area contributed by atoms with E-state index < -0.39 is 0 Å². The predicted molar refractivity (Wildman–Crippen MR) is 115 cm³/mol. The van der Waals surface area contributed by atoms with Gasteiger partial charge in [-0.15, -0.1) is 11.3 Å². The first-order valence-electron chi connectivity index (χ1n) is 9.80. The van der Waals surface area contributed by atoms with Gasteiger partial charge in [-0.1, -0.05) is 18.2 Å². The Morgan fingerprint density at radius 2 is 1.79 bits per heavy atom. The number of aryl methyl sites for hydroxylation is 1. The molecule has 2 aromatic carbocycles. The number of carbonyl (C=O) groups excluding carboxylic acids is 2. The number of amides is 2. The minimum atomic E-state index is -0.234. The lowest BCUT2D eigenvalue weighted by Crippen LogP contribution is -2.29. The van der Waals surface area contributed by atoms with Crippen molar-refractivity contribution < 1.29 is 14.7 Å². The number of phenolic OH excluding ortho intramolecular Hbond substituents is 1. The molecule has 6 nitrogen and oxygen atoms in total. The summed E-state index contributed by atoms with van der Waals surface area (Å²) in [6.45, 7) is 0.989. The summed E-state index contributed by atoms with van der Waals surface area (Å²) >= 11 is 1.72. The van der Waals surface area contributed by atoms with Crippen molar-refractivity contribution in [1.29, 1.82) is 0 Å². The number of aromatic nitrogens is 1. The van der Waals surface area contributed by atoms with Crippen molar-refractivity contribution in [1.82, 2.24) is 15.6 Å². The zero-order valence-corrected chi connectivity index (χ0v) is 17.0. The number of phenols is 1. The molecule has 0 spiro atoms. The average Bonchev–Trinajstić information content (AvgIpc) is 3.13. The fourth-order valence-electron chi connectivity index (χ4n) is 2.94. The predicted octanol–water partition coefficient (Wildman–Crippen LogP) is 3.65. The third-order valence-electron chi connectivity index (χ3n) is 4.45. The number of benzene rings is 2. The number of para-hydroxylation sites is 1. The van der Waals surface area contributed by atoms with Crippen molar-refractivity contribution in [3.05, 3.63) is 59.1 Å². The molecular weight excluding hydrogens is 386 g/mol. The van der Waals surface area contributed by atoms with Crippen LogP contribution < -0.4 is 10.6 Å². The van der Waals surface area contributed by atoms with Gasteiger partial charge in [0.15, 0.2) is 0 Å². The molecule has 2 amide bonds. The highest BCUT2D eigenvalue weighted by atomic mass is 32.1. The topological polar surface area (TPSA) is 91.3 Å². The molecule has 3 rings (SSSR count). The van der Waals surface area contributed by atoms with Gasteiger partial charge in [0.05, 0.1) is 15.2 Å². The highest BCUT2D eigenvalue weighted by Crippen LogP contribution is 2.22. The summed E-state index contributed by atoms with van der Waals surface area (Å²) in [5.41, 5.74) is 1.46. The normalized spacial score (nSPS) is 10.8. The van der Waals surface area contributed by atoms with Crippen LogP contribution in [0.25, 0.3) is 10.2 Å². The Balaban J connectivity index is 1.24. The molecule has 0 radical (unpaired) electrons. The fourth-order valence-corrected chi connectivity index (χ4v) is 3.95. The van der Waals surface area contributed by atoms with Gasteiger partial charge in [-0.25, -0.2) is 4.98 Å². The van der Waals surface area contributed by atoms with Crippen molar-refractivity contribution in [2.75, 3.05) is 13.1 Å². The smallest absolute Gasteiger partial charge is 0.251 e. The number of rotatable bonds is 10. The number of thiazole rings is 1. The molecule has 0 fully saturated rings. The summed E-state index contributed by atoms with van der Waals surface area (Å²) in [7, 11) is 0. The molecule has 0 aliphatic rings. The number of nitrogens with zero attached hydrogens (tertiary/aromatic N) is 1. The molecule has 0 atom stereocenters. The minimum absolute atomic E-state index is 0.0357. The molecule has 0 saturated carbocycles. The van der Waals surface area contributed by atoms with Gasteiger partial charge in [0.1, 0.15) is 5.75 Å². The van der Waals surface area contributed by atoms with Crippen LogP contribution in [-0.2, 0) is 11.2 Å². The van der Waals surface area contributed by atoms with Gasteiger partial charge in [0, 0.05) is 25.1 Å². The zero-order chi connectivity index (χ0) is 20.5. The molecule has 7 heteroatoms. The fraction of sp³-hybridized carbons (Fsp3) is 0.318. The minimum Gasteiger partial charge on any atom is -0.508 e. The van der Waals surface area contributed by atoms with Gasteiger partial charge in [0.2, 0.25) is 5.91 Å². The molecule has 29 heavy (non-hydrogen) atoms. The van der Waals surface area contributed by atoms with E-state index in [1.807, 2.05) is 18.2 Å². The number of carbonyl (C=O) groups is 2. The summed E-state index contributed by atoms with van der Waals surface area (Å²) in [6, 6.07) is 14.3. The second-order valence-corrected chi connectivity index (χ2v) is 7.91. The van der Waals surface area contributed by atoms with Crippen LogP contribution in [0, 0.1) is 0 Å². The number of unbranched alkanes of at least 4 members (excludes halogenated alkanes) is 1. The molecule has 3 N–H and O–H groups in total. The molecule has 0 bridgehead atoms. The maximum atomic E-state index is 11.9. The largest absolute Gasteiger partial charge is 0.508 e. The van der Waals surface area contributed by atoms with Gasteiger partial charge in [-0.05, 0) is 56.0 Å². The molecule has 0 aliphatic carbocycles. The SMILES string of the molecule is O=C(CCCCc1nc2ccccc2s1)NCCCNC(=O)c1cccc(O)c1. The zero-order valence-electron chi connectivity index (χ0n) is 16.2. The Hall–Kier alpha value is -2.93. The molecule has 0 saturated heterocycles. The van der Waals surface area contributed by atoms with Crippen LogP contribution in [-0.4, -0.2) is 35.0 Å². The van der Waals surface area contributed by atoms with E-state index in [0.717, 1.165) is 29.8 Å². The maximum absolute atomic E-state index is 11.9. The van der Waals surface area contributed by atoms with E-state index in [1.54, 1.807) is 23.5 Å².